The van der Waals surface area contributed by atoms with E-state index in [1.807, 2.05) is 0 Å². The fraction of sp³-hybridized carbons (Fsp3) is 0. The van der Waals surface area contributed by atoms with Crippen molar-refractivity contribution in [2.24, 2.45) is 0 Å². The van der Waals surface area contributed by atoms with Crippen LogP contribution in [0.25, 0.3) is 0 Å². The molecule has 1 radical (unpaired) electrons. The molecule has 0 unspecified atom stereocenters. The van der Waals surface area contributed by atoms with Crippen LogP contribution in [0, 0.1) is 0 Å². The van der Waals surface area contributed by atoms with E-state index in [0.29, 0.717) is 0 Å². The average Bonchev–Trinajstić information content (AvgIpc) is 0. The van der Waals surface area contributed by atoms with Gasteiger partial charge in [0.1, 0.15) is 0 Å². The first-order chi connectivity index (χ1) is 0. The molecular formula is H3AlCrNiRh. The molecule has 31 valence electrons. The van der Waals surface area contributed by atoms with Crippen LogP contribution < -0.4 is 0 Å². The topological polar surface area (TPSA) is 0 Å². The van der Waals surface area contributed by atoms with E-state index in [2.05, 4.69) is 0 Å². The van der Waals surface area contributed by atoms with Gasteiger partial charge in [0, 0.05) is 53.3 Å². The van der Waals surface area contributed by atoms with Crippen molar-refractivity contribution in [2.45, 2.75) is 0 Å². The minimum Gasteiger partial charge on any atom is 0 e. The monoisotopic (exact) mass is 243 g/mol. The zero-order valence-corrected chi connectivity index (χ0v) is 4.96. The Kier molecular flexibility index (Phi) is 166. The largest absolute Gasteiger partial charge is 0.187 e. The van der Waals surface area contributed by atoms with Crippen LogP contribution in [0.1, 0.15) is 0 Å². The van der Waals surface area contributed by atoms with Crippen molar-refractivity contribution in [3.63, 3.8) is 0 Å². The normalized spacial score (nSPS) is 0. The van der Waals surface area contributed by atoms with Crippen molar-refractivity contribution < 1.29 is 53.3 Å². The molecule has 0 aromatic rings. The van der Waals surface area contributed by atoms with Crippen molar-refractivity contribution >= 4 is 17.4 Å². The van der Waals surface area contributed by atoms with E-state index in [9.17, 15) is 0 Å². The summed E-state index contributed by atoms with van der Waals surface area (Å²) >= 11 is 0. The summed E-state index contributed by atoms with van der Waals surface area (Å²) in [6.45, 7) is 0. The third-order valence-electron chi connectivity index (χ3n) is 0. The molecule has 4 heteroatoms. The van der Waals surface area contributed by atoms with Crippen LogP contribution in [0.5, 0.6) is 0 Å². The van der Waals surface area contributed by atoms with Crippen molar-refractivity contribution in [1.82, 2.24) is 0 Å². The van der Waals surface area contributed by atoms with Gasteiger partial charge in [-0.25, -0.2) is 0 Å². The van der Waals surface area contributed by atoms with Gasteiger partial charge in [0.2, 0.25) is 0 Å². The van der Waals surface area contributed by atoms with Gasteiger partial charge < -0.3 is 0 Å². The molecule has 0 bridgehead atoms. The molecular weight excluding hydrogens is 241 g/mol. The van der Waals surface area contributed by atoms with E-state index < -0.39 is 0 Å². The van der Waals surface area contributed by atoms with E-state index in [-0.39, 0.29) is 70.7 Å². The van der Waals surface area contributed by atoms with Gasteiger partial charge in [-0.15, -0.1) is 0 Å². The van der Waals surface area contributed by atoms with Crippen molar-refractivity contribution in [2.75, 3.05) is 0 Å². The van der Waals surface area contributed by atoms with Gasteiger partial charge in [-0.1, -0.05) is 0 Å². The fourth-order valence-electron chi connectivity index (χ4n) is 0. The Bertz CT molecular complexity index is 8.00. The SMILES string of the molecule is [AlH3].[Cr].[Ni].[Rh]. The van der Waals surface area contributed by atoms with E-state index in [1.165, 1.54) is 0 Å². The minimum atomic E-state index is 0. The van der Waals surface area contributed by atoms with E-state index >= 15 is 0 Å². The number of rotatable bonds is 0. The molecule has 4 heavy (non-hydrogen) atoms. The Labute approximate surface area is 70.0 Å². The van der Waals surface area contributed by atoms with Crippen LogP contribution in [-0.4, -0.2) is 17.4 Å². The molecule has 0 aromatic carbocycles. The summed E-state index contributed by atoms with van der Waals surface area (Å²) in [5.74, 6) is 0. The van der Waals surface area contributed by atoms with Crippen molar-refractivity contribution in [3.8, 4) is 0 Å². The molecule has 0 fully saturated rings. The first-order valence-corrected chi connectivity index (χ1v) is 0. The predicted octanol–water partition coefficient (Wildman–Crippen LogP) is -1.19. The van der Waals surface area contributed by atoms with E-state index in [4.69, 9.17) is 0 Å². The molecule has 0 heterocycles. The summed E-state index contributed by atoms with van der Waals surface area (Å²) in [5.41, 5.74) is 0. The smallest absolute Gasteiger partial charge is 0 e. The van der Waals surface area contributed by atoms with Crippen LogP contribution in [0.3, 0.4) is 0 Å². The molecule has 0 aliphatic heterocycles. The summed E-state index contributed by atoms with van der Waals surface area (Å²) in [7, 11) is 0. The van der Waals surface area contributed by atoms with E-state index in [0.717, 1.165) is 0 Å². The van der Waals surface area contributed by atoms with Gasteiger partial charge in [-0.3, -0.25) is 0 Å². The van der Waals surface area contributed by atoms with Crippen LogP contribution in [0.15, 0.2) is 0 Å². The minimum absolute atomic E-state index is 0. The molecule has 0 atom stereocenters. The van der Waals surface area contributed by atoms with Gasteiger partial charge in [-0.05, 0) is 0 Å². The zero-order chi connectivity index (χ0) is 0. The average molecular weight is 244 g/mol. The maximum atomic E-state index is 0. The van der Waals surface area contributed by atoms with Gasteiger partial charge in [0.05, 0.1) is 0 Å². The molecule has 0 amide bonds. The quantitative estimate of drug-likeness (QED) is 0.470. The van der Waals surface area contributed by atoms with Gasteiger partial charge in [0.25, 0.3) is 0 Å². The van der Waals surface area contributed by atoms with Crippen LogP contribution in [0.2, 0.25) is 0 Å². The molecule has 0 rings (SSSR count). The summed E-state index contributed by atoms with van der Waals surface area (Å²) in [6, 6.07) is 0. The third kappa shape index (κ3) is 8.89. The predicted molar refractivity (Wildman–Crippen MR) is 9.94 cm³/mol. The summed E-state index contributed by atoms with van der Waals surface area (Å²) in [6.07, 6.45) is 0. The van der Waals surface area contributed by atoms with Crippen LogP contribution in [0.4, 0.5) is 0 Å². The Morgan fingerprint density at radius 2 is 1.00 bits per heavy atom. The zero-order valence-electron chi connectivity index (χ0n) is 1.06. The summed E-state index contributed by atoms with van der Waals surface area (Å²) < 4.78 is 0. The molecule has 0 spiro atoms. The number of hydrogen-bond donors (Lipinski definition) is 0. The van der Waals surface area contributed by atoms with Gasteiger partial charge >= 0.3 is 0 Å². The Balaban J connectivity index is 0. The number of hydrogen-bond acceptors (Lipinski definition) is 0. The molecule has 0 saturated carbocycles. The van der Waals surface area contributed by atoms with Crippen LogP contribution >= 0.6 is 0 Å². The molecule has 0 aliphatic carbocycles. The third-order valence-corrected chi connectivity index (χ3v) is 0. The fourth-order valence-corrected chi connectivity index (χ4v) is 0. The first kappa shape index (κ1) is 34.9. The van der Waals surface area contributed by atoms with Crippen molar-refractivity contribution in [3.05, 3.63) is 0 Å². The van der Waals surface area contributed by atoms with Gasteiger partial charge in [-0.2, -0.15) is 0 Å². The van der Waals surface area contributed by atoms with Crippen molar-refractivity contribution in [1.29, 1.82) is 0 Å². The van der Waals surface area contributed by atoms with Crippen LogP contribution in [-0.2, 0) is 53.3 Å². The maximum Gasteiger partial charge on any atom is 0.187 e. The second kappa shape index (κ2) is 19.0. The molecule has 0 N–H and O–H groups in total. The van der Waals surface area contributed by atoms with Gasteiger partial charge in [0.15, 0.2) is 17.4 Å². The maximum absolute atomic E-state index is 0. The Hall–Kier alpha value is 2.18. The molecule has 0 nitrogen and oxygen atoms in total. The Morgan fingerprint density at radius 3 is 1.00 bits per heavy atom. The summed E-state index contributed by atoms with van der Waals surface area (Å²) in [4.78, 5) is 0. The summed E-state index contributed by atoms with van der Waals surface area (Å²) in [5, 5.41) is 0. The molecule has 0 aliphatic rings. The second-order valence-corrected chi connectivity index (χ2v) is 0. The molecule has 0 saturated heterocycles. The van der Waals surface area contributed by atoms with E-state index in [1.54, 1.807) is 0 Å². The molecule has 0 aromatic heterocycles. The standard InChI is InChI=1S/Al.Cr.Ni.Rh.3H. The Morgan fingerprint density at radius 1 is 1.00 bits per heavy atom. The first-order valence-electron chi connectivity index (χ1n) is 0. The second-order valence-electron chi connectivity index (χ2n) is 0.